The fourth-order valence-corrected chi connectivity index (χ4v) is 5.94. The second-order valence-corrected chi connectivity index (χ2v) is 12.7. The van der Waals surface area contributed by atoms with Crippen molar-refractivity contribution in [1.82, 2.24) is 0 Å². The molecule has 0 heterocycles. The second kappa shape index (κ2) is 12.8. The number of carbonyl (C=O) groups is 1. The first kappa shape index (κ1) is 28.2. The van der Waals surface area contributed by atoms with Crippen LogP contribution in [0.3, 0.4) is 0 Å². The lowest BCUT2D eigenvalue weighted by molar-refractivity contribution is -0.112. The molecule has 1 atom stereocenters. The Morgan fingerprint density at radius 3 is 1.94 bits per heavy atom. The zero-order chi connectivity index (χ0) is 26.2. The molecule has 3 aromatic carbocycles. The van der Waals surface area contributed by atoms with Crippen LogP contribution in [0.15, 0.2) is 54.6 Å². The molecule has 0 amide bonds. The molecule has 0 saturated carbocycles. The van der Waals surface area contributed by atoms with Gasteiger partial charge in [0.2, 0.25) is 0 Å². The Morgan fingerprint density at radius 1 is 0.861 bits per heavy atom. The summed E-state index contributed by atoms with van der Waals surface area (Å²) in [6.45, 7) is 6.76. The summed E-state index contributed by atoms with van der Waals surface area (Å²) in [4.78, 5) is 13.4. The van der Waals surface area contributed by atoms with Gasteiger partial charge >= 0.3 is 14.8 Å². The summed E-state index contributed by atoms with van der Waals surface area (Å²) in [6.07, 6.45) is 0.302. The van der Waals surface area contributed by atoms with Gasteiger partial charge in [-0.1, -0.05) is 48.5 Å². The lowest BCUT2D eigenvalue weighted by Gasteiger charge is -2.28. The van der Waals surface area contributed by atoms with Crippen molar-refractivity contribution in [3.63, 3.8) is 0 Å². The van der Waals surface area contributed by atoms with Gasteiger partial charge in [0.15, 0.2) is 0 Å². The van der Waals surface area contributed by atoms with Crippen LogP contribution in [0.1, 0.15) is 37.6 Å². The van der Waals surface area contributed by atoms with E-state index in [9.17, 15) is 4.79 Å². The number of fused-ring (bicyclic) bond motifs is 2. The number of hydrogen-bond acceptors (Lipinski definition) is 7. The Bertz CT molecular complexity index is 1080. The lowest BCUT2D eigenvalue weighted by atomic mass is 9.97. The largest absolute Gasteiger partial charge is 0.500 e. The molecule has 0 bridgehead atoms. The Kier molecular flexibility index (Phi) is 10.0. The number of benzene rings is 3. The number of rotatable bonds is 13. The predicted octanol–water partition coefficient (Wildman–Crippen LogP) is 5.62. The summed E-state index contributed by atoms with van der Waals surface area (Å²) in [5.74, 6) is -0.374. The first-order valence-corrected chi connectivity index (χ1v) is 14.1. The van der Waals surface area contributed by atoms with Crippen LogP contribution < -0.4 is 0 Å². The van der Waals surface area contributed by atoms with Gasteiger partial charge in [-0.05, 0) is 54.8 Å². The molecule has 0 aliphatic heterocycles. The van der Waals surface area contributed by atoms with E-state index in [1.165, 1.54) is 0 Å². The van der Waals surface area contributed by atoms with Crippen molar-refractivity contribution >= 4 is 36.3 Å². The fraction of sp³-hybridized carbons (Fsp3) is 0.464. The maximum absolute atomic E-state index is 13.4. The van der Waals surface area contributed by atoms with Crippen LogP contribution in [-0.2, 0) is 27.5 Å². The monoisotopic (exact) mass is 514 g/mol. The Morgan fingerprint density at radius 2 is 1.42 bits per heavy atom. The van der Waals surface area contributed by atoms with Crippen molar-refractivity contribution in [2.75, 3.05) is 41.2 Å². The molecular formula is C28H38O7Si. The lowest BCUT2D eigenvalue weighted by Crippen LogP contribution is -2.42. The molecule has 3 rings (SSSR count). The van der Waals surface area contributed by atoms with Gasteiger partial charge in [0.05, 0.1) is 17.8 Å². The predicted molar refractivity (Wildman–Crippen MR) is 143 cm³/mol. The van der Waals surface area contributed by atoms with Gasteiger partial charge in [-0.15, -0.1) is 0 Å². The third kappa shape index (κ3) is 7.35. The minimum absolute atomic E-state index is 0.0839. The molecule has 0 radical (unpaired) electrons. The number of esters is 1. The Balaban J connectivity index is 1.67. The van der Waals surface area contributed by atoms with Crippen molar-refractivity contribution in [2.45, 2.75) is 44.9 Å². The second-order valence-electron chi connectivity index (χ2n) is 9.62. The average molecular weight is 515 g/mol. The zero-order valence-corrected chi connectivity index (χ0v) is 23.2. The van der Waals surface area contributed by atoms with E-state index in [1.807, 2.05) is 69.3 Å². The van der Waals surface area contributed by atoms with E-state index in [0.29, 0.717) is 31.2 Å². The van der Waals surface area contributed by atoms with Gasteiger partial charge < -0.3 is 27.5 Å². The quantitative estimate of drug-likeness (QED) is 0.127. The van der Waals surface area contributed by atoms with E-state index in [2.05, 4.69) is 6.07 Å². The molecule has 0 saturated heterocycles. The molecule has 3 aromatic rings. The summed E-state index contributed by atoms with van der Waals surface area (Å²) in [7, 11) is 2.17. The van der Waals surface area contributed by atoms with Crippen LogP contribution in [0.4, 0.5) is 0 Å². The molecule has 0 aromatic heterocycles. The first-order chi connectivity index (χ1) is 17.2. The standard InChI is InChI=1S/C28H38O7Si/c1-28(2,3)35-23(19-33-16-11-17-36(30-4,31-5)32-6)20-34-27(29)26-24-14-9-7-12-21(24)18-22-13-8-10-15-25(22)26/h7-10,12-15,18,23H,11,16-17,19-20H2,1-6H3. The maximum Gasteiger partial charge on any atom is 0.500 e. The fourth-order valence-electron chi connectivity index (χ4n) is 4.25. The van der Waals surface area contributed by atoms with Crippen LogP contribution >= 0.6 is 0 Å². The number of ether oxygens (including phenoxy) is 3. The smallest absolute Gasteiger partial charge is 0.459 e. The van der Waals surface area contributed by atoms with Crippen LogP contribution in [0.25, 0.3) is 21.5 Å². The molecule has 0 fully saturated rings. The summed E-state index contributed by atoms with van der Waals surface area (Å²) >= 11 is 0. The maximum atomic E-state index is 13.4. The minimum Gasteiger partial charge on any atom is -0.459 e. The van der Waals surface area contributed by atoms with Crippen molar-refractivity contribution < 1.29 is 32.3 Å². The highest BCUT2D eigenvalue weighted by atomic mass is 28.4. The van der Waals surface area contributed by atoms with Crippen LogP contribution in [-0.4, -0.2) is 67.6 Å². The minimum atomic E-state index is -2.63. The number of carbonyl (C=O) groups excluding carboxylic acids is 1. The van der Waals surface area contributed by atoms with Gasteiger partial charge in [0.1, 0.15) is 12.7 Å². The number of hydrogen-bond donors (Lipinski definition) is 0. The summed E-state index contributed by atoms with van der Waals surface area (Å²) in [6, 6.07) is 18.5. The van der Waals surface area contributed by atoms with Crippen LogP contribution in [0.2, 0.25) is 6.04 Å². The van der Waals surface area contributed by atoms with Crippen molar-refractivity contribution in [3.05, 3.63) is 60.2 Å². The third-order valence-corrected chi connectivity index (χ3v) is 8.74. The van der Waals surface area contributed by atoms with Crippen molar-refractivity contribution in [2.24, 2.45) is 0 Å². The molecule has 0 aliphatic rings. The van der Waals surface area contributed by atoms with E-state index in [1.54, 1.807) is 21.3 Å². The highest BCUT2D eigenvalue weighted by molar-refractivity contribution is 6.60. The van der Waals surface area contributed by atoms with Crippen molar-refractivity contribution in [3.8, 4) is 0 Å². The molecule has 0 spiro atoms. The Labute approximate surface area is 214 Å². The van der Waals surface area contributed by atoms with Crippen LogP contribution in [0, 0.1) is 0 Å². The third-order valence-electron chi connectivity index (χ3n) is 5.90. The summed E-state index contributed by atoms with van der Waals surface area (Å²) < 4.78 is 34.2. The summed E-state index contributed by atoms with van der Waals surface area (Å²) in [5, 5.41) is 3.73. The first-order valence-electron chi connectivity index (χ1n) is 12.2. The highest BCUT2D eigenvalue weighted by Crippen LogP contribution is 2.29. The molecule has 0 aliphatic carbocycles. The highest BCUT2D eigenvalue weighted by Gasteiger charge is 2.37. The van der Waals surface area contributed by atoms with Gasteiger partial charge in [-0.3, -0.25) is 0 Å². The molecule has 0 N–H and O–H groups in total. The van der Waals surface area contributed by atoms with E-state index < -0.39 is 20.5 Å². The topological polar surface area (TPSA) is 72.5 Å². The van der Waals surface area contributed by atoms with Gasteiger partial charge in [-0.25, -0.2) is 4.79 Å². The molecule has 1 unspecified atom stereocenters. The van der Waals surface area contributed by atoms with E-state index in [-0.39, 0.29) is 12.6 Å². The van der Waals surface area contributed by atoms with Crippen molar-refractivity contribution in [1.29, 1.82) is 0 Å². The SMILES string of the molecule is CO[Si](CCCOCC(COC(=O)c1c2ccccc2cc2ccccc12)OC(C)(C)C)(OC)OC. The van der Waals surface area contributed by atoms with Crippen LogP contribution in [0.5, 0.6) is 0 Å². The molecule has 36 heavy (non-hydrogen) atoms. The van der Waals surface area contributed by atoms with Gasteiger partial charge in [-0.2, -0.15) is 0 Å². The van der Waals surface area contributed by atoms with Gasteiger partial charge in [0, 0.05) is 34.0 Å². The Hall–Kier alpha value is -2.33. The summed E-state index contributed by atoms with van der Waals surface area (Å²) in [5.41, 5.74) is 0.149. The van der Waals surface area contributed by atoms with E-state index in [4.69, 9.17) is 27.5 Å². The molecule has 7 nitrogen and oxygen atoms in total. The normalized spacial score (nSPS) is 13.3. The van der Waals surface area contributed by atoms with Gasteiger partial charge in [0.25, 0.3) is 0 Å². The van der Waals surface area contributed by atoms with E-state index >= 15 is 0 Å². The molecular weight excluding hydrogens is 476 g/mol. The zero-order valence-electron chi connectivity index (χ0n) is 22.2. The molecule has 196 valence electrons. The average Bonchev–Trinajstić information content (AvgIpc) is 2.87. The van der Waals surface area contributed by atoms with E-state index in [0.717, 1.165) is 21.5 Å². The molecule has 8 heteroatoms.